The number of anilines is 1. The highest BCUT2D eigenvalue weighted by Gasteiger charge is 2.17. The highest BCUT2D eigenvalue weighted by molar-refractivity contribution is 6.32. The minimum Gasteiger partial charge on any atom is -0.479 e. The van der Waals surface area contributed by atoms with E-state index in [9.17, 15) is 9.18 Å². The lowest BCUT2D eigenvalue weighted by molar-refractivity contribution is -0.122. The van der Waals surface area contributed by atoms with Crippen molar-refractivity contribution in [2.24, 2.45) is 0 Å². The average Bonchev–Trinajstić information content (AvgIpc) is 2.56. The SMILES string of the molecule is CCNCc1ccccc1NC(=O)C(C)Oc1ccc(F)cc1Cl.Cl. The molecule has 2 aromatic carbocycles. The lowest BCUT2D eigenvalue weighted by Gasteiger charge is -2.17. The second-order valence-corrected chi connectivity index (χ2v) is 5.67. The summed E-state index contributed by atoms with van der Waals surface area (Å²) in [5.74, 6) is -0.497. The Bertz CT molecular complexity index is 713. The van der Waals surface area contributed by atoms with Crippen molar-refractivity contribution < 1.29 is 13.9 Å². The van der Waals surface area contributed by atoms with Gasteiger partial charge in [0.15, 0.2) is 6.10 Å². The summed E-state index contributed by atoms with van der Waals surface area (Å²) in [6.07, 6.45) is -0.778. The number of nitrogens with one attached hydrogen (secondary N) is 2. The number of hydrogen-bond acceptors (Lipinski definition) is 3. The van der Waals surface area contributed by atoms with E-state index in [1.807, 2.05) is 31.2 Å². The Morgan fingerprint density at radius 2 is 2.00 bits per heavy atom. The first-order chi connectivity index (χ1) is 11.5. The number of benzene rings is 2. The minimum atomic E-state index is -0.778. The Balaban J connectivity index is 0.00000312. The fourth-order valence-electron chi connectivity index (χ4n) is 2.11. The molecule has 2 N–H and O–H groups in total. The Kier molecular flexibility index (Phi) is 8.69. The zero-order chi connectivity index (χ0) is 17.5. The Hall–Kier alpha value is -1.82. The predicted octanol–water partition coefficient (Wildman–Crippen LogP) is 4.42. The van der Waals surface area contributed by atoms with E-state index in [2.05, 4.69) is 10.6 Å². The van der Waals surface area contributed by atoms with Crippen molar-refractivity contribution in [1.82, 2.24) is 5.32 Å². The summed E-state index contributed by atoms with van der Waals surface area (Å²) in [6.45, 7) is 5.13. The van der Waals surface area contributed by atoms with Gasteiger partial charge in [-0.3, -0.25) is 4.79 Å². The van der Waals surface area contributed by atoms with Gasteiger partial charge in [-0.15, -0.1) is 12.4 Å². The molecule has 136 valence electrons. The Morgan fingerprint density at radius 3 is 2.68 bits per heavy atom. The summed E-state index contributed by atoms with van der Waals surface area (Å²) in [5, 5.41) is 6.20. The predicted molar refractivity (Wildman–Crippen MR) is 101 cm³/mol. The third kappa shape index (κ3) is 6.20. The number of ether oxygens (including phenoxy) is 1. The monoisotopic (exact) mass is 386 g/mol. The van der Waals surface area contributed by atoms with Crippen molar-refractivity contribution in [3.63, 3.8) is 0 Å². The topological polar surface area (TPSA) is 50.4 Å². The van der Waals surface area contributed by atoms with Crippen LogP contribution in [0.3, 0.4) is 0 Å². The number of para-hydroxylation sites is 1. The standard InChI is InChI=1S/C18H20ClFN2O2.ClH/c1-3-21-11-13-6-4-5-7-16(13)22-18(23)12(2)24-17-9-8-14(20)10-15(17)19;/h4-10,12,21H,3,11H2,1-2H3,(H,22,23);1H. The maximum atomic E-state index is 13.1. The molecule has 1 atom stereocenters. The van der Waals surface area contributed by atoms with Crippen molar-refractivity contribution in [1.29, 1.82) is 0 Å². The summed E-state index contributed by atoms with van der Waals surface area (Å²) < 4.78 is 18.6. The van der Waals surface area contributed by atoms with Gasteiger partial charge < -0.3 is 15.4 Å². The maximum Gasteiger partial charge on any atom is 0.265 e. The van der Waals surface area contributed by atoms with E-state index in [0.717, 1.165) is 23.9 Å². The number of halogens is 3. The van der Waals surface area contributed by atoms with E-state index < -0.39 is 11.9 Å². The van der Waals surface area contributed by atoms with Crippen LogP contribution in [0.4, 0.5) is 10.1 Å². The van der Waals surface area contributed by atoms with Gasteiger partial charge >= 0.3 is 0 Å². The summed E-state index contributed by atoms with van der Waals surface area (Å²) in [7, 11) is 0. The van der Waals surface area contributed by atoms with Crippen LogP contribution in [0.1, 0.15) is 19.4 Å². The first kappa shape index (κ1) is 21.2. The third-order valence-electron chi connectivity index (χ3n) is 3.41. The molecule has 2 aromatic rings. The second-order valence-electron chi connectivity index (χ2n) is 5.26. The molecule has 0 radical (unpaired) electrons. The average molecular weight is 387 g/mol. The molecule has 0 spiro atoms. The van der Waals surface area contributed by atoms with Crippen LogP contribution >= 0.6 is 24.0 Å². The van der Waals surface area contributed by atoms with E-state index in [0.29, 0.717) is 6.54 Å². The molecule has 0 aliphatic rings. The number of carbonyl (C=O) groups excluding carboxylic acids is 1. The summed E-state index contributed by atoms with van der Waals surface area (Å²) in [5.41, 5.74) is 1.71. The Morgan fingerprint density at radius 1 is 1.28 bits per heavy atom. The molecule has 0 aliphatic carbocycles. The van der Waals surface area contributed by atoms with Crippen molar-refractivity contribution >= 4 is 35.6 Å². The maximum absolute atomic E-state index is 13.1. The molecule has 1 unspecified atom stereocenters. The number of carbonyl (C=O) groups is 1. The van der Waals surface area contributed by atoms with Crippen molar-refractivity contribution in [3.05, 3.63) is 58.9 Å². The first-order valence-electron chi connectivity index (χ1n) is 7.72. The third-order valence-corrected chi connectivity index (χ3v) is 3.70. The van der Waals surface area contributed by atoms with E-state index in [4.69, 9.17) is 16.3 Å². The van der Waals surface area contributed by atoms with Crippen LogP contribution in [-0.4, -0.2) is 18.6 Å². The molecule has 7 heteroatoms. The van der Waals surface area contributed by atoms with E-state index in [-0.39, 0.29) is 29.1 Å². The number of hydrogen-bond donors (Lipinski definition) is 2. The van der Waals surface area contributed by atoms with Crippen LogP contribution in [0.15, 0.2) is 42.5 Å². The molecule has 0 saturated carbocycles. The summed E-state index contributed by atoms with van der Waals surface area (Å²) in [4.78, 5) is 12.3. The van der Waals surface area contributed by atoms with Gasteiger partial charge in [0.25, 0.3) is 5.91 Å². The van der Waals surface area contributed by atoms with Gasteiger partial charge in [-0.2, -0.15) is 0 Å². The molecule has 25 heavy (non-hydrogen) atoms. The summed E-state index contributed by atoms with van der Waals surface area (Å²) >= 11 is 5.92. The van der Waals surface area contributed by atoms with E-state index in [1.165, 1.54) is 12.1 Å². The second kappa shape index (κ2) is 10.2. The normalized spacial score (nSPS) is 11.4. The van der Waals surface area contributed by atoms with Crippen LogP contribution in [0.2, 0.25) is 5.02 Å². The fraction of sp³-hybridized carbons (Fsp3) is 0.278. The lowest BCUT2D eigenvalue weighted by atomic mass is 10.1. The zero-order valence-corrected chi connectivity index (χ0v) is 15.6. The van der Waals surface area contributed by atoms with Crippen LogP contribution in [0.25, 0.3) is 0 Å². The molecule has 2 rings (SSSR count). The molecule has 1 amide bonds. The van der Waals surface area contributed by atoms with Crippen LogP contribution in [0, 0.1) is 5.82 Å². The van der Waals surface area contributed by atoms with E-state index >= 15 is 0 Å². The molecule has 0 heterocycles. The highest BCUT2D eigenvalue weighted by Crippen LogP contribution is 2.26. The van der Waals surface area contributed by atoms with Gasteiger partial charge in [-0.25, -0.2) is 4.39 Å². The molecular weight excluding hydrogens is 366 g/mol. The van der Waals surface area contributed by atoms with Gasteiger partial charge in [0.2, 0.25) is 0 Å². The minimum absolute atomic E-state index is 0. The smallest absolute Gasteiger partial charge is 0.265 e. The van der Waals surface area contributed by atoms with Crippen LogP contribution in [0.5, 0.6) is 5.75 Å². The Labute approximate surface area is 158 Å². The zero-order valence-electron chi connectivity index (χ0n) is 14.0. The molecule has 4 nitrogen and oxygen atoms in total. The van der Waals surface area contributed by atoms with Gasteiger partial charge in [-0.1, -0.05) is 36.7 Å². The van der Waals surface area contributed by atoms with Gasteiger partial charge in [0, 0.05) is 12.2 Å². The van der Waals surface area contributed by atoms with Gasteiger partial charge in [0.05, 0.1) is 5.02 Å². The molecular formula is C18H21Cl2FN2O2. The molecule has 0 saturated heterocycles. The molecule has 0 bridgehead atoms. The van der Waals surface area contributed by atoms with Crippen molar-refractivity contribution in [2.75, 3.05) is 11.9 Å². The molecule has 0 fully saturated rings. The van der Waals surface area contributed by atoms with Crippen molar-refractivity contribution in [2.45, 2.75) is 26.5 Å². The lowest BCUT2D eigenvalue weighted by Crippen LogP contribution is -2.30. The molecule has 0 aromatic heterocycles. The quantitative estimate of drug-likeness (QED) is 0.740. The number of rotatable bonds is 7. The summed E-state index contributed by atoms with van der Waals surface area (Å²) in [6, 6.07) is 11.3. The van der Waals surface area contributed by atoms with Gasteiger partial charge in [0.1, 0.15) is 11.6 Å². The largest absolute Gasteiger partial charge is 0.479 e. The fourth-order valence-corrected chi connectivity index (χ4v) is 2.32. The first-order valence-corrected chi connectivity index (χ1v) is 8.10. The van der Waals surface area contributed by atoms with Crippen LogP contribution < -0.4 is 15.4 Å². The van der Waals surface area contributed by atoms with Crippen LogP contribution in [-0.2, 0) is 11.3 Å². The molecule has 0 aliphatic heterocycles. The van der Waals surface area contributed by atoms with Crippen molar-refractivity contribution in [3.8, 4) is 5.75 Å². The van der Waals surface area contributed by atoms with E-state index in [1.54, 1.807) is 6.92 Å². The highest BCUT2D eigenvalue weighted by atomic mass is 35.5. The van der Waals surface area contributed by atoms with Gasteiger partial charge in [-0.05, 0) is 43.3 Å². The number of amides is 1.